The SMILES string of the molecule is COCCNC1CCC(Nc2cc(-c3cccc(NCC4C[C@@H](C)O[C@@H](C)C4)n3)c(Cl)cn2)CC1. The third-order valence-corrected chi connectivity index (χ3v) is 7.37. The van der Waals surface area contributed by atoms with Gasteiger partial charge in [0.1, 0.15) is 11.6 Å². The van der Waals surface area contributed by atoms with Gasteiger partial charge in [0.05, 0.1) is 29.5 Å². The molecule has 0 radical (unpaired) electrons. The summed E-state index contributed by atoms with van der Waals surface area (Å²) in [6, 6.07) is 9.07. The van der Waals surface area contributed by atoms with Crippen molar-refractivity contribution in [2.45, 2.75) is 76.7 Å². The molecule has 1 saturated carbocycles. The monoisotopic (exact) mass is 501 g/mol. The highest BCUT2D eigenvalue weighted by Gasteiger charge is 2.24. The molecule has 1 aliphatic carbocycles. The van der Waals surface area contributed by atoms with E-state index >= 15 is 0 Å². The zero-order valence-corrected chi connectivity index (χ0v) is 22.0. The van der Waals surface area contributed by atoms with Crippen LogP contribution in [0.2, 0.25) is 5.02 Å². The van der Waals surface area contributed by atoms with Crippen LogP contribution in [0.3, 0.4) is 0 Å². The van der Waals surface area contributed by atoms with Crippen LogP contribution in [0.1, 0.15) is 52.4 Å². The van der Waals surface area contributed by atoms with Crippen LogP contribution < -0.4 is 16.0 Å². The lowest BCUT2D eigenvalue weighted by atomic mass is 9.91. The van der Waals surface area contributed by atoms with Gasteiger partial charge in [-0.2, -0.15) is 0 Å². The minimum Gasteiger partial charge on any atom is -0.383 e. The van der Waals surface area contributed by atoms with Crippen molar-refractivity contribution in [3.63, 3.8) is 0 Å². The van der Waals surface area contributed by atoms with E-state index in [4.69, 9.17) is 26.1 Å². The molecule has 2 aromatic heterocycles. The number of halogens is 1. The smallest absolute Gasteiger partial charge is 0.126 e. The maximum absolute atomic E-state index is 6.55. The number of methoxy groups -OCH3 is 1. The van der Waals surface area contributed by atoms with E-state index in [1.165, 1.54) is 0 Å². The summed E-state index contributed by atoms with van der Waals surface area (Å²) in [5.41, 5.74) is 1.75. The molecule has 0 amide bonds. The largest absolute Gasteiger partial charge is 0.383 e. The highest BCUT2D eigenvalue weighted by atomic mass is 35.5. The van der Waals surface area contributed by atoms with Gasteiger partial charge in [-0.3, -0.25) is 0 Å². The summed E-state index contributed by atoms with van der Waals surface area (Å²) in [6.45, 7) is 6.88. The molecule has 7 nitrogen and oxygen atoms in total. The Balaban J connectivity index is 1.34. The molecule has 0 aromatic carbocycles. The molecule has 0 bridgehead atoms. The van der Waals surface area contributed by atoms with Crippen LogP contribution in [0.25, 0.3) is 11.3 Å². The van der Waals surface area contributed by atoms with E-state index in [1.807, 2.05) is 24.3 Å². The van der Waals surface area contributed by atoms with Gasteiger partial charge in [0.15, 0.2) is 0 Å². The maximum atomic E-state index is 6.55. The number of nitrogens with zero attached hydrogens (tertiary/aromatic N) is 2. The molecule has 192 valence electrons. The van der Waals surface area contributed by atoms with Gasteiger partial charge in [0, 0.05) is 44.0 Å². The molecular weight excluding hydrogens is 462 g/mol. The third-order valence-electron chi connectivity index (χ3n) is 7.07. The van der Waals surface area contributed by atoms with Crippen LogP contribution in [0.5, 0.6) is 0 Å². The van der Waals surface area contributed by atoms with Gasteiger partial charge in [0.2, 0.25) is 0 Å². The second kappa shape index (κ2) is 12.9. The van der Waals surface area contributed by atoms with Crippen molar-refractivity contribution in [2.75, 3.05) is 37.4 Å². The second-order valence-corrected chi connectivity index (χ2v) is 10.5. The maximum Gasteiger partial charge on any atom is 0.126 e. The Bertz CT molecular complexity index is 928. The van der Waals surface area contributed by atoms with E-state index in [0.29, 0.717) is 35.2 Å². The van der Waals surface area contributed by atoms with Crippen LogP contribution in [0, 0.1) is 5.92 Å². The zero-order chi connectivity index (χ0) is 24.6. The number of rotatable bonds is 10. The van der Waals surface area contributed by atoms with Gasteiger partial charge in [-0.05, 0) is 76.5 Å². The Kier molecular flexibility index (Phi) is 9.60. The van der Waals surface area contributed by atoms with Crippen LogP contribution in [-0.2, 0) is 9.47 Å². The van der Waals surface area contributed by atoms with Gasteiger partial charge >= 0.3 is 0 Å². The minimum absolute atomic E-state index is 0.313. The Morgan fingerprint density at radius 3 is 2.54 bits per heavy atom. The number of pyridine rings is 2. The fourth-order valence-electron chi connectivity index (χ4n) is 5.37. The van der Waals surface area contributed by atoms with Gasteiger partial charge in [-0.1, -0.05) is 17.7 Å². The molecule has 1 aliphatic heterocycles. The summed E-state index contributed by atoms with van der Waals surface area (Å²) in [6.07, 6.45) is 9.05. The van der Waals surface area contributed by atoms with Gasteiger partial charge < -0.3 is 25.4 Å². The zero-order valence-electron chi connectivity index (χ0n) is 21.2. The summed E-state index contributed by atoms with van der Waals surface area (Å²) in [5.74, 6) is 2.31. The molecule has 8 heteroatoms. The van der Waals surface area contributed by atoms with Gasteiger partial charge in [0.25, 0.3) is 0 Å². The molecule has 2 aliphatic rings. The molecule has 1 unspecified atom stereocenters. The lowest BCUT2D eigenvalue weighted by Gasteiger charge is -2.32. The molecule has 3 N–H and O–H groups in total. The summed E-state index contributed by atoms with van der Waals surface area (Å²) >= 11 is 6.55. The first-order valence-electron chi connectivity index (χ1n) is 13.0. The van der Waals surface area contributed by atoms with Crippen molar-refractivity contribution >= 4 is 23.2 Å². The van der Waals surface area contributed by atoms with E-state index in [0.717, 1.165) is 81.1 Å². The molecule has 35 heavy (non-hydrogen) atoms. The van der Waals surface area contributed by atoms with E-state index in [1.54, 1.807) is 13.3 Å². The number of ether oxygens (including phenoxy) is 2. The van der Waals surface area contributed by atoms with Crippen LogP contribution in [-0.4, -0.2) is 61.1 Å². The number of anilines is 2. The standard InChI is InChI=1S/C27H40ClN5O2/c1-18-13-20(14-19(2)35-18)16-30-26-6-4-5-25(33-26)23-15-27(31-17-24(23)28)32-22-9-7-21(8-10-22)29-11-12-34-3/h4-6,15,17-22,29H,7-14,16H2,1-3H3,(H,30,33)(H,31,32)/t18-,19+,20?,21?,22?. The van der Waals surface area contributed by atoms with Crippen LogP contribution >= 0.6 is 11.6 Å². The van der Waals surface area contributed by atoms with Crippen molar-refractivity contribution in [1.29, 1.82) is 0 Å². The summed E-state index contributed by atoms with van der Waals surface area (Å²) in [4.78, 5) is 9.40. The number of aromatic nitrogens is 2. The van der Waals surface area contributed by atoms with Crippen LogP contribution in [0.15, 0.2) is 30.5 Å². The fraction of sp³-hybridized carbons (Fsp3) is 0.630. The highest BCUT2D eigenvalue weighted by Crippen LogP contribution is 2.31. The molecule has 3 heterocycles. The molecule has 1 saturated heterocycles. The number of hydrogen-bond donors (Lipinski definition) is 3. The molecule has 0 spiro atoms. The predicted molar refractivity (Wildman–Crippen MR) is 143 cm³/mol. The van der Waals surface area contributed by atoms with Crippen molar-refractivity contribution in [3.05, 3.63) is 35.5 Å². The van der Waals surface area contributed by atoms with Crippen molar-refractivity contribution in [1.82, 2.24) is 15.3 Å². The third kappa shape index (κ3) is 7.78. The summed E-state index contributed by atoms with van der Waals surface area (Å²) < 4.78 is 11.0. The molecule has 2 aromatic rings. The first-order valence-corrected chi connectivity index (χ1v) is 13.4. The molecular formula is C27H40ClN5O2. The quantitative estimate of drug-likeness (QED) is 0.377. The number of hydrogen-bond acceptors (Lipinski definition) is 7. The van der Waals surface area contributed by atoms with E-state index in [2.05, 4.69) is 34.8 Å². The van der Waals surface area contributed by atoms with E-state index in [9.17, 15) is 0 Å². The predicted octanol–water partition coefficient (Wildman–Crippen LogP) is 5.37. The molecule has 3 atom stereocenters. The van der Waals surface area contributed by atoms with Crippen molar-refractivity contribution in [3.8, 4) is 11.3 Å². The van der Waals surface area contributed by atoms with E-state index < -0.39 is 0 Å². The van der Waals surface area contributed by atoms with Gasteiger partial charge in [-0.25, -0.2) is 9.97 Å². The Morgan fingerprint density at radius 2 is 1.80 bits per heavy atom. The van der Waals surface area contributed by atoms with Crippen LogP contribution in [0.4, 0.5) is 11.6 Å². The first kappa shape index (κ1) is 26.1. The molecule has 4 rings (SSSR count). The van der Waals surface area contributed by atoms with Crippen molar-refractivity contribution in [2.24, 2.45) is 5.92 Å². The normalized spacial score (nSPS) is 26.9. The average molecular weight is 502 g/mol. The Labute approximate surface area is 214 Å². The summed E-state index contributed by atoms with van der Waals surface area (Å²) in [7, 11) is 1.74. The Hall–Kier alpha value is -1.93. The lowest BCUT2D eigenvalue weighted by molar-refractivity contribution is -0.0495. The summed E-state index contributed by atoms with van der Waals surface area (Å²) in [5, 5.41) is 11.3. The molecule has 2 fully saturated rings. The average Bonchev–Trinajstić information content (AvgIpc) is 2.85. The highest BCUT2D eigenvalue weighted by molar-refractivity contribution is 6.33. The van der Waals surface area contributed by atoms with Crippen molar-refractivity contribution < 1.29 is 9.47 Å². The second-order valence-electron chi connectivity index (χ2n) is 10.1. The Morgan fingerprint density at radius 1 is 1.06 bits per heavy atom. The number of nitrogens with one attached hydrogen (secondary N) is 3. The topological polar surface area (TPSA) is 80.3 Å². The van der Waals surface area contributed by atoms with Gasteiger partial charge in [-0.15, -0.1) is 0 Å². The first-order chi connectivity index (χ1) is 17.0. The fourth-order valence-corrected chi connectivity index (χ4v) is 5.57. The van der Waals surface area contributed by atoms with E-state index in [-0.39, 0.29) is 0 Å². The minimum atomic E-state index is 0.313. The lowest BCUT2D eigenvalue weighted by Crippen LogP contribution is -2.38.